The summed E-state index contributed by atoms with van der Waals surface area (Å²) < 4.78 is 11.4. The van der Waals surface area contributed by atoms with Gasteiger partial charge in [-0.3, -0.25) is 9.59 Å². The van der Waals surface area contributed by atoms with E-state index >= 15 is 0 Å². The van der Waals surface area contributed by atoms with E-state index in [4.69, 9.17) is 9.47 Å². The van der Waals surface area contributed by atoms with Gasteiger partial charge in [0, 0.05) is 23.5 Å². The van der Waals surface area contributed by atoms with Crippen molar-refractivity contribution in [3.8, 4) is 11.5 Å². The first-order chi connectivity index (χ1) is 17.9. The predicted octanol–water partition coefficient (Wildman–Crippen LogP) is 5.76. The highest BCUT2D eigenvalue weighted by Crippen LogP contribution is 2.34. The normalized spacial score (nSPS) is 14.8. The van der Waals surface area contributed by atoms with E-state index in [-0.39, 0.29) is 24.4 Å². The maximum atomic E-state index is 13.7. The summed E-state index contributed by atoms with van der Waals surface area (Å²) in [4.78, 5) is 32.1. The van der Waals surface area contributed by atoms with E-state index in [1.807, 2.05) is 36.1 Å². The summed E-state index contributed by atoms with van der Waals surface area (Å²) >= 11 is 1.73. The average Bonchev–Trinajstić information content (AvgIpc) is 3.39. The summed E-state index contributed by atoms with van der Waals surface area (Å²) in [6.45, 7) is 7.84. The molecule has 37 heavy (non-hydrogen) atoms. The molecule has 0 bridgehead atoms. The second-order valence-electron chi connectivity index (χ2n) is 9.91. The van der Waals surface area contributed by atoms with E-state index in [1.165, 1.54) is 10.4 Å². The summed E-state index contributed by atoms with van der Waals surface area (Å²) in [6.07, 6.45) is 1.64. The van der Waals surface area contributed by atoms with Crippen molar-refractivity contribution in [3.63, 3.8) is 0 Å². The highest BCUT2D eigenvalue weighted by Gasteiger charge is 2.33. The van der Waals surface area contributed by atoms with Crippen molar-refractivity contribution in [1.82, 2.24) is 9.80 Å². The third-order valence-electron chi connectivity index (χ3n) is 6.77. The Bertz CT molecular complexity index is 1190. The Morgan fingerprint density at radius 3 is 2.43 bits per heavy atom. The zero-order chi connectivity index (χ0) is 26.4. The van der Waals surface area contributed by atoms with Crippen LogP contribution < -0.4 is 9.47 Å². The number of amides is 2. The van der Waals surface area contributed by atoms with E-state index < -0.39 is 0 Å². The third kappa shape index (κ3) is 6.72. The first-order valence-electron chi connectivity index (χ1n) is 12.8. The number of carbonyl (C=O) groups excluding carboxylic acids is 2. The van der Waals surface area contributed by atoms with Gasteiger partial charge >= 0.3 is 0 Å². The van der Waals surface area contributed by atoms with Crippen molar-refractivity contribution >= 4 is 23.2 Å². The zero-order valence-electron chi connectivity index (χ0n) is 22.1. The number of aryl methyl sites for hydroxylation is 1. The minimum Gasteiger partial charge on any atom is -0.497 e. The Balaban J connectivity index is 1.52. The fourth-order valence-electron chi connectivity index (χ4n) is 4.52. The second kappa shape index (κ2) is 12.3. The minimum absolute atomic E-state index is 0.0398. The standard InChI is InChI=1S/C30H36N2O4S/c1-21(2)13-16-31(30(34)23-7-11-24(35-4)12-8-23)19-29(33)32-17-14-28-26(15-18-37-28)27(32)20-36-25-9-5-22(3)6-10-25/h5-12,15,18,21,27H,13-14,16-17,19-20H2,1-4H3/t27-/m0/s1. The number of rotatable bonds is 10. The van der Waals surface area contributed by atoms with Crippen molar-refractivity contribution in [3.05, 3.63) is 81.5 Å². The molecule has 0 radical (unpaired) electrons. The number of methoxy groups -OCH3 is 1. The van der Waals surface area contributed by atoms with E-state index in [0.29, 0.717) is 36.9 Å². The average molecular weight is 521 g/mol. The molecule has 6 nitrogen and oxygen atoms in total. The van der Waals surface area contributed by atoms with Crippen molar-refractivity contribution in [2.75, 3.05) is 33.4 Å². The molecule has 1 aliphatic rings. The minimum atomic E-state index is -0.188. The number of hydrogen-bond acceptors (Lipinski definition) is 5. The third-order valence-corrected chi connectivity index (χ3v) is 7.77. The lowest BCUT2D eigenvalue weighted by Crippen LogP contribution is -2.48. The molecule has 0 saturated carbocycles. The van der Waals surface area contributed by atoms with Gasteiger partial charge < -0.3 is 19.3 Å². The topological polar surface area (TPSA) is 59.1 Å². The highest BCUT2D eigenvalue weighted by molar-refractivity contribution is 7.10. The van der Waals surface area contributed by atoms with Gasteiger partial charge in [-0.2, -0.15) is 0 Å². The number of ether oxygens (including phenoxy) is 2. The number of hydrogen-bond donors (Lipinski definition) is 0. The van der Waals surface area contributed by atoms with E-state index in [1.54, 1.807) is 47.6 Å². The van der Waals surface area contributed by atoms with Gasteiger partial charge in [-0.15, -0.1) is 11.3 Å². The highest BCUT2D eigenvalue weighted by atomic mass is 32.1. The molecule has 7 heteroatoms. The largest absolute Gasteiger partial charge is 0.497 e. The van der Waals surface area contributed by atoms with Crippen LogP contribution in [0.4, 0.5) is 0 Å². The van der Waals surface area contributed by atoms with Crippen LogP contribution >= 0.6 is 11.3 Å². The lowest BCUT2D eigenvalue weighted by molar-refractivity contribution is -0.135. The lowest BCUT2D eigenvalue weighted by Gasteiger charge is -2.37. The summed E-state index contributed by atoms with van der Waals surface area (Å²) in [7, 11) is 1.60. The molecule has 3 aromatic rings. The molecule has 0 fully saturated rings. The van der Waals surface area contributed by atoms with E-state index in [9.17, 15) is 9.59 Å². The number of nitrogens with zero attached hydrogens (tertiary/aromatic N) is 2. The summed E-state index contributed by atoms with van der Waals surface area (Å²) in [5.74, 6) is 1.70. The van der Waals surface area contributed by atoms with Crippen molar-refractivity contribution in [2.24, 2.45) is 5.92 Å². The Morgan fingerprint density at radius 1 is 1.05 bits per heavy atom. The Morgan fingerprint density at radius 2 is 1.76 bits per heavy atom. The summed E-state index contributed by atoms with van der Waals surface area (Å²) in [5, 5.41) is 2.08. The Kier molecular flexibility index (Phi) is 8.87. The summed E-state index contributed by atoms with van der Waals surface area (Å²) in [6, 6.07) is 16.9. The molecule has 0 N–H and O–H groups in total. The molecular weight excluding hydrogens is 484 g/mol. The number of fused-ring (bicyclic) bond motifs is 1. The number of thiophene rings is 1. The Labute approximate surface area is 223 Å². The van der Waals surface area contributed by atoms with Gasteiger partial charge in [0.15, 0.2) is 0 Å². The molecule has 1 atom stereocenters. The van der Waals surface area contributed by atoms with Crippen LogP contribution in [-0.2, 0) is 11.2 Å². The van der Waals surface area contributed by atoms with Crippen LogP contribution in [0.3, 0.4) is 0 Å². The fraction of sp³-hybridized carbons (Fsp3) is 0.400. The number of carbonyl (C=O) groups is 2. The second-order valence-corrected chi connectivity index (χ2v) is 10.9. The molecule has 196 valence electrons. The van der Waals surface area contributed by atoms with Crippen LogP contribution in [0.5, 0.6) is 11.5 Å². The molecule has 0 spiro atoms. The van der Waals surface area contributed by atoms with Crippen LogP contribution in [-0.4, -0.2) is 55.0 Å². The van der Waals surface area contributed by atoms with E-state index in [2.05, 4.69) is 25.3 Å². The molecule has 2 amide bonds. The van der Waals surface area contributed by atoms with Crippen molar-refractivity contribution < 1.29 is 19.1 Å². The van der Waals surface area contributed by atoms with Crippen LogP contribution in [0, 0.1) is 12.8 Å². The Hall–Kier alpha value is -3.32. The van der Waals surface area contributed by atoms with Crippen molar-refractivity contribution in [2.45, 2.75) is 39.7 Å². The molecule has 2 aromatic carbocycles. The van der Waals surface area contributed by atoms with Gasteiger partial charge in [-0.1, -0.05) is 31.5 Å². The molecular formula is C30H36N2O4S. The van der Waals surface area contributed by atoms with Gasteiger partial charge in [-0.05, 0) is 79.1 Å². The quantitative estimate of drug-likeness (QED) is 0.341. The van der Waals surface area contributed by atoms with Crippen LogP contribution in [0.25, 0.3) is 0 Å². The van der Waals surface area contributed by atoms with Gasteiger partial charge in [0.25, 0.3) is 5.91 Å². The SMILES string of the molecule is COc1ccc(C(=O)N(CCC(C)C)CC(=O)N2CCc3sccc3[C@@H]2COc2ccc(C)cc2)cc1. The first kappa shape index (κ1) is 26.7. The summed E-state index contributed by atoms with van der Waals surface area (Å²) in [5.41, 5.74) is 2.87. The lowest BCUT2D eigenvalue weighted by atomic mass is 10.00. The van der Waals surface area contributed by atoms with Gasteiger partial charge in [0.1, 0.15) is 24.7 Å². The van der Waals surface area contributed by atoms with Gasteiger partial charge in [-0.25, -0.2) is 0 Å². The molecule has 0 saturated heterocycles. The van der Waals surface area contributed by atoms with Gasteiger partial charge in [0.2, 0.25) is 5.91 Å². The zero-order valence-corrected chi connectivity index (χ0v) is 22.9. The fourth-order valence-corrected chi connectivity index (χ4v) is 5.45. The maximum absolute atomic E-state index is 13.7. The van der Waals surface area contributed by atoms with Crippen molar-refractivity contribution in [1.29, 1.82) is 0 Å². The van der Waals surface area contributed by atoms with Crippen LogP contribution in [0.1, 0.15) is 52.7 Å². The molecule has 2 heterocycles. The number of benzene rings is 2. The smallest absolute Gasteiger partial charge is 0.254 e. The van der Waals surface area contributed by atoms with Gasteiger partial charge in [0.05, 0.1) is 13.2 Å². The molecule has 4 rings (SSSR count). The molecule has 1 aliphatic heterocycles. The maximum Gasteiger partial charge on any atom is 0.254 e. The van der Waals surface area contributed by atoms with Crippen LogP contribution in [0.2, 0.25) is 0 Å². The van der Waals surface area contributed by atoms with E-state index in [0.717, 1.165) is 24.2 Å². The predicted molar refractivity (Wildman–Crippen MR) is 148 cm³/mol. The van der Waals surface area contributed by atoms with Crippen LogP contribution in [0.15, 0.2) is 60.0 Å². The monoisotopic (exact) mass is 520 g/mol. The molecule has 1 aromatic heterocycles. The molecule has 0 aliphatic carbocycles. The molecule has 0 unspecified atom stereocenters. The first-order valence-corrected chi connectivity index (χ1v) is 13.7.